The number of anilines is 2. The van der Waals surface area contributed by atoms with Crippen LogP contribution in [0, 0.1) is 0 Å². The Morgan fingerprint density at radius 1 is 1.24 bits per heavy atom. The fourth-order valence-corrected chi connectivity index (χ4v) is 2.20. The summed E-state index contributed by atoms with van der Waals surface area (Å²) in [6, 6.07) is 10.0. The van der Waals surface area contributed by atoms with Crippen LogP contribution in [0.1, 0.15) is 17.3 Å². The zero-order chi connectivity index (χ0) is 15.4. The van der Waals surface area contributed by atoms with Gasteiger partial charge in [-0.05, 0) is 31.2 Å². The third-order valence-corrected chi connectivity index (χ3v) is 3.60. The maximum absolute atomic E-state index is 12.4. The summed E-state index contributed by atoms with van der Waals surface area (Å²) in [5, 5.41) is 3.33. The van der Waals surface area contributed by atoms with Crippen LogP contribution in [0.4, 0.5) is 11.4 Å². The van der Waals surface area contributed by atoms with E-state index in [0.717, 1.165) is 0 Å². The Labute approximate surface area is 132 Å². The molecule has 2 rings (SSSR count). The molecule has 4 nitrogen and oxygen atoms in total. The molecule has 1 amide bonds. The molecular weight excluding hydrogens is 311 g/mol. The number of carbonyl (C=O) groups is 1. The second-order valence-corrected chi connectivity index (χ2v) is 4.99. The molecule has 0 bridgehead atoms. The van der Waals surface area contributed by atoms with Gasteiger partial charge in [0.05, 0.1) is 22.3 Å². The molecule has 0 radical (unpaired) electrons. The first kappa shape index (κ1) is 15.5. The number of nitrogens with two attached hydrogens (primary N) is 1. The third kappa shape index (κ3) is 3.40. The highest BCUT2D eigenvalue weighted by molar-refractivity contribution is 6.44. The molecule has 0 fully saturated rings. The van der Waals surface area contributed by atoms with E-state index in [1.807, 2.05) is 6.92 Å². The number of hydrogen-bond donors (Lipinski definition) is 2. The number of rotatable bonds is 4. The van der Waals surface area contributed by atoms with Crippen LogP contribution in [0.15, 0.2) is 36.4 Å². The van der Waals surface area contributed by atoms with Gasteiger partial charge in [-0.2, -0.15) is 0 Å². The largest absolute Gasteiger partial charge is 0.493 e. The van der Waals surface area contributed by atoms with Gasteiger partial charge in [0.25, 0.3) is 5.91 Å². The monoisotopic (exact) mass is 324 g/mol. The molecule has 0 saturated heterocycles. The average Bonchev–Trinajstić information content (AvgIpc) is 2.44. The lowest BCUT2D eigenvalue weighted by atomic mass is 10.1. The number of nitrogen functional groups attached to an aromatic ring is 1. The molecule has 0 atom stereocenters. The Hall–Kier alpha value is -1.91. The summed E-state index contributed by atoms with van der Waals surface area (Å²) in [5.41, 5.74) is 6.89. The molecule has 6 heteroatoms. The van der Waals surface area contributed by atoms with Crippen LogP contribution < -0.4 is 15.8 Å². The number of hydrogen-bond acceptors (Lipinski definition) is 3. The molecule has 0 aliphatic carbocycles. The van der Waals surface area contributed by atoms with Crippen LogP contribution in [0.25, 0.3) is 0 Å². The van der Waals surface area contributed by atoms with Crippen molar-refractivity contribution in [3.8, 4) is 5.75 Å². The summed E-state index contributed by atoms with van der Waals surface area (Å²) >= 11 is 12.0. The first-order valence-electron chi connectivity index (χ1n) is 6.31. The van der Waals surface area contributed by atoms with E-state index in [1.54, 1.807) is 36.4 Å². The SMILES string of the molecule is CCOc1cccc(N)c1C(=O)Nc1cccc(Cl)c1Cl. The minimum absolute atomic E-state index is 0.274. The predicted molar refractivity (Wildman–Crippen MR) is 86.4 cm³/mol. The van der Waals surface area contributed by atoms with Gasteiger partial charge in [0, 0.05) is 5.69 Å². The second kappa shape index (κ2) is 6.70. The molecule has 2 aromatic rings. The lowest BCUT2D eigenvalue weighted by Crippen LogP contribution is -2.16. The van der Waals surface area contributed by atoms with E-state index in [0.29, 0.717) is 28.8 Å². The highest BCUT2D eigenvalue weighted by atomic mass is 35.5. The maximum Gasteiger partial charge on any atom is 0.261 e. The normalized spacial score (nSPS) is 10.2. The lowest BCUT2D eigenvalue weighted by Gasteiger charge is -2.13. The van der Waals surface area contributed by atoms with Gasteiger partial charge in [0.2, 0.25) is 0 Å². The number of amides is 1. The standard InChI is InChI=1S/C15H14Cl2N2O2/c1-2-21-12-8-4-6-10(18)13(12)15(20)19-11-7-3-5-9(16)14(11)17/h3-8H,2,18H2,1H3,(H,19,20). The molecule has 0 spiro atoms. The van der Waals surface area contributed by atoms with E-state index in [9.17, 15) is 4.79 Å². The fraction of sp³-hybridized carbons (Fsp3) is 0.133. The van der Waals surface area contributed by atoms with Gasteiger partial charge in [-0.3, -0.25) is 4.79 Å². The molecule has 0 aromatic heterocycles. The smallest absolute Gasteiger partial charge is 0.261 e. The van der Waals surface area contributed by atoms with E-state index in [2.05, 4.69) is 5.32 Å². The molecule has 0 unspecified atom stereocenters. The number of ether oxygens (including phenoxy) is 1. The Morgan fingerprint density at radius 2 is 1.95 bits per heavy atom. The molecule has 0 aliphatic rings. The summed E-state index contributed by atoms with van der Waals surface area (Å²) < 4.78 is 5.43. The summed E-state index contributed by atoms with van der Waals surface area (Å²) in [7, 11) is 0. The van der Waals surface area contributed by atoms with Gasteiger partial charge in [0.15, 0.2) is 0 Å². The number of halogens is 2. The van der Waals surface area contributed by atoms with Crippen molar-refractivity contribution in [2.24, 2.45) is 0 Å². The molecule has 0 aliphatic heterocycles. The van der Waals surface area contributed by atoms with Gasteiger partial charge in [-0.25, -0.2) is 0 Å². The van der Waals surface area contributed by atoms with Crippen LogP contribution in [0.2, 0.25) is 10.0 Å². The van der Waals surface area contributed by atoms with Crippen molar-refractivity contribution < 1.29 is 9.53 Å². The predicted octanol–water partition coefficient (Wildman–Crippen LogP) is 4.23. The summed E-state index contributed by atoms with van der Waals surface area (Å²) in [6.07, 6.45) is 0. The molecule has 110 valence electrons. The number of benzene rings is 2. The Balaban J connectivity index is 2.35. The van der Waals surface area contributed by atoms with E-state index in [1.165, 1.54) is 0 Å². The molecule has 21 heavy (non-hydrogen) atoms. The van der Waals surface area contributed by atoms with Gasteiger partial charge >= 0.3 is 0 Å². The minimum atomic E-state index is -0.402. The fourth-order valence-electron chi connectivity index (χ4n) is 1.85. The molecule has 0 saturated carbocycles. The summed E-state index contributed by atoms with van der Waals surface area (Å²) in [6.45, 7) is 2.26. The van der Waals surface area contributed by atoms with Crippen molar-refractivity contribution in [1.29, 1.82) is 0 Å². The molecular formula is C15H14Cl2N2O2. The summed E-state index contributed by atoms with van der Waals surface area (Å²) in [4.78, 5) is 12.4. The average molecular weight is 325 g/mol. The van der Waals surface area contributed by atoms with E-state index in [4.69, 9.17) is 33.7 Å². The van der Waals surface area contributed by atoms with Gasteiger partial charge in [-0.1, -0.05) is 35.3 Å². The van der Waals surface area contributed by atoms with Crippen LogP contribution in [-0.2, 0) is 0 Å². The molecule has 0 heterocycles. The Bertz CT molecular complexity index is 675. The van der Waals surface area contributed by atoms with Gasteiger partial charge in [-0.15, -0.1) is 0 Å². The summed E-state index contributed by atoms with van der Waals surface area (Å²) in [5.74, 6) is 0.0221. The van der Waals surface area contributed by atoms with E-state index in [-0.39, 0.29) is 10.6 Å². The highest BCUT2D eigenvalue weighted by Crippen LogP contribution is 2.31. The van der Waals surface area contributed by atoms with Crippen LogP contribution in [0.3, 0.4) is 0 Å². The number of carbonyl (C=O) groups excluding carboxylic acids is 1. The van der Waals surface area contributed by atoms with Crippen molar-refractivity contribution >= 4 is 40.5 Å². The molecule has 3 N–H and O–H groups in total. The number of nitrogens with one attached hydrogen (secondary N) is 1. The topological polar surface area (TPSA) is 64.3 Å². The van der Waals surface area contributed by atoms with Crippen molar-refractivity contribution in [3.05, 3.63) is 52.0 Å². The first-order valence-corrected chi connectivity index (χ1v) is 7.06. The zero-order valence-electron chi connectivity index (χ0n) is 11.3. The maximum atomic E-state index is 12.4. The van der Waals surface area contributed by atoms with Gasteiger partial charge < -0.3 is 15.8 Å². The van der Waals surface area contributed by atoms with Crippen LogP contribution in [0.5, 0.6) is 5.75 Å². The third-order valence-electron chi connectivity index (χ3n) is 2.79. The van der Waals surface area contributed by atoms with Crippen molar-refractivity contribution in [2.45, 2.75) is 6.92 Å². The lowest BCUT2D eigenvalue weighted by molar-refractivity contribution is 0.102. The van der Waals surface area contributed by atoms with Gasteiger partial charge in [0.1, 0.15) is 11.3 Å². The van der Waals surface area contributed by atoms with Crippen LogP contribution >= 0.6 is 23.2 Å². The molecule has 2 aromatic carbocycles. The van der Waals surface area contributed by atoms with Crippen molar-refractivity contribution in [2.75, 3.05) is 17.7 Å². The van der Waals surface area contributed by atoms with Crippen molar-refractivity contribution in [1.82, 2.24) is 0 Å². The van der Waals surface area contributed by atoms with E-state index < -0.39 is 5.91 Å². The highest BCUT2D eigenvalue weighted by Gasteiger charge is 2.17. The first-order chi connectivity index (χ1) is 10.0. The Morgan fingerprint density at radius 3 is 2.67 bits per heavy atom. The quantitative estimate of drug-likeness (QED) is 0.827. The minimum Gasteiger partial charge on any atom is -0.493 e. The zero-order valence-corrected chi connectivity index (χ0v) is 12.8. The second-order valence-electron chi connectivity index (χ2n) is 4.21. The van der Waals surface area contributed by atoms with Crippen molar-refractivity contribution in [3.63, 3.8) is 0 Å². The van der Waals surface area contributed by atoms with E-state index >= 15 is 0 Å². The Kier molecular flexibility index (Phi) is 4.94. The van der Waals surface area contributed by atoms with Crippen LogP contribution in [-0.4, -0.2) is 12.5 Å².